The van der Waals surface area contributed by atoms with Gasteiger partial charge >= 0.3 is 0 Å². The molecule has 0 saturated carbocycles. The third-order valence-electron chi connectivity index (χ3n) is 12.2. The van der Waals surface area contributed by atoms with Gasteiger partial charge < -0.3 is 4.42 Å². The molecule has 13 aromatic rings. The Bertz CT molecular complexity index is 3810. The first-order chi connectivity index (χ1) is 29.7. The molecule has 0 radical (unpaired) electrons. The van der Waals surface area contributed by atoms with Crippen molar-refractivity contribution < 1.29 is 4.42 Å². The molecular weight excluding hydrogens is 733 g/mol. The summed E-state index contributed by atoms with van der Waals surface area (Å²) in [5.74, 6) is 1.42. The number of hydrogen-bond acceptors (Lipinski definition) is 4. The summed E-state index contributed by atoms with van der Waals surface area (Å²) >= 11 is 0. The SMILES string of the molecule is c1ccc(-c2cc(-n3c4ccccc4c4ccccc43)nc(-c3ccc4c(c3)nc(-c3ccc5c6ccccc6c6ccccc6c5c3)c3c5ccccc5oc43)n2)cc1. The van der Waals surface area contributed by atoms with Gasteiger partial charge in [-0.05, 0) is 68.7 Å². The van der Waals surface area contributed by atoms with Gasteiger partial charge in [0.25, 0.3) is 0 Å². The Kier molecular flexibility index (Phi) is 6.95. The summed E-state index contributed by atoms with van der Waals surface area (Å²) in [6, 6.07) is 68.3. The zero-order valence-electron chi connectivity index (χ0n) is 32.2. The molecule has 0 amide bonds. The van der Waals surface area contributed by atoms with Gasteiger partial charge in [-0.3, -0.25) is 4.57 Å². The number of rotatable bonds is 4. The molecule has 4 heterocycles. The van der Waals surface area contributed by atoms with Crippen LogP contribution in [0.25, 0.3) is 127 Å². The highest BCUT2D eigenvalue weighted by atomic mass is 16.3. The van der Waals surface area contributed by atoms with Gasteiger partial charge in [0, 0.05) is 44.3 Å². The maximum absolute atomic E-state index is 6.74. The van der Waals surface area contributed by atoms with Crippen LogP contribution in [0.4, 0.5) is 0 Å². The summed E-state index contributed by atoms with van der Waals surface area (Å²) in [7, 11) is 0. The minimum Gasteiger partial charge on any atom is -0.455 e. The molecule has 0 unspecified atom stereocenters. The largest absolute Gasteiger partial charge is 0.455 e. The Hall–Kier alpha value is -8.15. The average molecular weight is 765 g/mol. The Morgan fingerprint density at radius 3 is 1.62 bits per heavy atom. The number of aromatic nitrogens is 4. The predicted octanol–water partition coefficient (Wildman–Crippen LogP) is 14.5. The van der Waals surface area contributed by atoms with E-state index in [0.29, 0.717) is 5.82 Å². The van der Waals surface area contributed by atoms with Crippen molar-refractivity contribution >= 4 is 87.0 Å². The van der Waals surface area contributed by atoms with Gasteiger partial charge in [0.1, 0.15) is 17.0 Å². The monoisotopic (exact) mass is 764 g/mol. The van der Waals surface area contributed by atoms with E-state index in [0.717, 1.165) is 77.8 Å². The molecular formula is C55H32N4O. The van der Waals surface area contributed by atoms with Crippen LogP contribution < -0.4 is 0 Å². The molecule has 0 saturated heterocycles. The second kappa shape index (κ2) is 12.7. The lowest BCUT2D eigenvalue weighted by Gasteiger charge is -2.13. The second-order valence-corrected chi connectivity index (χ2v) is 15.5. The molecule has 0 spiro atoms. The molecule has 5 nitrogen and oxygen atoms in total. The second-order valence-electron chi connectivity index (χ2n) is 15.5. The van der Waals surface area contributed by atoms with Crippen LogP contribution >= 0.6 is 0 Å². The van der Waals surface area contributed by atoms with Gasteiger partial charge in [-0.25, -0.2) is 15.0 Å². The van der Waals surface area contributed by atoms with Crippen LogP contribution in [0.5, 0.6) is 0 Å². The summed E-state index contributed by atoms with van der Waals surface area (Å²) in [5.41, 5.74) is 9.28. The Morgan fingerprint density at radius 2 is 0.917 bits per heavy atom. The first kappa shape index (κ1) is 32.9. The van der Waals surface area contributed by atoms with E-state index in [1.807, 2.05) is 18.2 Å². The maximum atomic E-state index is 6.74. The topological polar surface area (TPSA) is 56.7 Å². The lowest BCUT2D eigenvalue weighted by molar-refractivity contribution is 0.672. The van der Waals surface area contributed by atoms with Gasteiger partial charge in [-0.15, -0.1) is 0 Å². The van der Waals surface area contributed by atoms with Crippen molar-refractivity contribution in [3.8, 4) is 39.7 Å². The molecule has 0 N–H and O–H groups in total. The van der Waals surface area contributed by atoms with Gasteiger partial charge in [-0.1, -0.05) is 152 Å². The van der Waals surface area contributed by atoms with Crippen molar-refractivity contribution in [2.45, 2.75) is 0 Å². The van der Waals surface area contributed by atoms with Crippen LogP contribution in [-0.4, -0.2) is 19.5 Å². The van der Waals surface area contributed by atoms with E-state index < -0.39 is 0 Å². The fourth-order valence-corrected chi connectivity index (χ4v) is 9.47. The van der Waals surface area contributed by atoms with Crippen molar-refractivity contribution in [1.29, 1.82) is 0 Å². The number of para-hydroxylation sites is 3. The van der Waals surface area contributed by atoms with Crippen LogP contribution in [0, 0.1) is 0 Å². The molecule has 9 aromatic carbocycles. The highest BCUT2D eigenvalue weighted by Gasteiger charge is 2.21. The van der Waals surface area contributed by atoms with Crippen molar-refractivity contribution in [3.63, 3.8) is 0 Å². The van der Waals surface area contributed by atoms with Crippen LogP contribution in [0.3, 0.4) is 0 Å². The number of pyridine rings is 1. The number of benzene rings is 9. The fraction of sp³-hybridized carbons (Fsp3) is 0. The molecule has 0 bridgehead atoms. The zero-order valence-corrected chi connectivity index (χ0v) is 32.2. The minimum atomic E-state index is 0.618. The number of furan rings is 1. The average Bonchev–Trinajstić information content (AvgIpc) is 3.88. The smallest absolute Gasteiger partial charge is 0.162 e. The Morgan fingerprint density at radius 1 is 0.367 bits per heavy atom. The number of hydrogen-bond donors (Lipinski definition) is 0. The third kappa shape index (κ3) is 4.84. The van der Waals surface area contributed by atoms with Crippen LogP contribution in [0.1, 0.15) is 0 Å². The molecule has 13 rings (SSSR count). The van der Waals surface area contributed by atoms with Crippen LogP contribution in [-0.2, 0) is 0 Å². The summed E-state index contributed by atoms with van der Waals surface area (Å²) in [6.45, 7) is 0. The standard InChI is InChI=1S/C55H32N4O/c1-2-14-33(15-3-1)46-32-51(59-48-23-11-8-20-41(48)42-21-9-12-24-49(42)59)58-55(57-46)35-27-29-43-47(31-35)56-53(52-44-22-10-13-25-50(44)60-54(43)52)34-26-28-40-38-18-5-4-16-36(38)37-17-6-7-19-39(37)45(40)30-34/h1-32H. The van der Waals surface area contributed by atoms with E-state index in [1.165, 1.54) is 43.1 Å². The molecule has 0 aliphatic heterocycles. The van der Waals surface area contributed by atoms with Gasteiger partial charge in [0.05, 0.1) is 33.3 Å². The number of fused-ring (bicyclic) bond motifs is 14. The molecule has 4 aromatic heterocycles. The van der Waals surface area contributed by atoms with Crippen molar-refractivity contribution in [3.05, 3.63) is 194 Å². The van der Waals surface area contributed by atoms with E-state index in [1.54, 1.807) is 0 Å². The van der Waals surface area contributed by atoms with E-state index >= 15 is 0 Å². The van der Waals surface area contributed by atoms with Crippen LogP contribution in [0.2, 0.25) is 0 Å². The third-order valence-corrected chi connectivity index (χ3v) is 12.2. The summed E-state index contributed by atoms with van der Waals surface area (Å²) in [5, 5.41) is 12.7. The fourth-order valence-electron chi connectivity index (χ4n) is 9.47. The Balaban J connectivity index is 1.07. The van der Waals surface area contributed by atoms with E-state index in [2.05, 4.69) is 180 Å². The lowest BCUT2D eigenvalue weighted by Crippen LogP contribution is -2.02. The first-order valence-electron chi connectivity index (χ1n) is 20.3. The zero-order chi connectivity index (χ0) is 39.3. The van der Waals surface area contributed by atoms with Crippen molar-refractivity contribution in [1.82, 2.24) is 19.5 Å². The minimum absolute atomic E-state index is 0.618. The highest BCUT2D eigenvalue weighted by Crippen LogP contribution is 2.43. The summed E-state index contributed by atoms with van der Waals surface area (Å²) in [4.78, 5) is 16.1. The van der Waals surface area contributed by atoms with Gasteiger partial charge in [0.15, 0.2) is 5.82 Å². The molecule has 0 fully saturated rings. The van der Waals surface area contributed by atoms with Crippen molar-refractivity contribution in [2.24, 2.45) is 0 Å². The maximum Gasteiger partial charge on any atom is 0.162 e. The van der Waals surface area contributed by atoms with Gasteiger partial charge in [-0.2, -0.15) is 0 Å². The molecule has 0 aliphatic carbocycles. The molecule has 0 atom stereocenters. The number of nitrogens with zero attached hydrogens (tertiary/aromatic N) is 4. The van der Waals surface area contributed by atoms with E-state index in [9.17, 15) is 0 Å². The summed E-state index contributed by atoms with van der Waals surface area (Å²) in [6.07, 6.45) is 0. The van der Waals surface area contributed by atoms with Crippen LogP contribution in [0.15, 0.2) is 199 Å². The Labute approximate surface area is 343 Å². The first-order valence-corrected chi connectivity index (χ1v) is 20.3. The quantitative estimate of drug-likeness (QED) is 0.167. The predicted molar refractivity (Wildman–Crippen MR) is 248 cm³/mol. The lowest BCUT2D eigenvalue weighted by atomic mass is 9.92. The van der Waals surface area contributed by atoms with E-state index in [4.69, 9.17) is 19.4 Å². The highest BCUT2D eigenvalue weighted by molar-refractivity contribution is 6.26. The molecule has 5 heteroatoms. The van der Waals surface area contributed by atoms with Crippen molar-refractivity contribution in [2.75, 3.05) is 0 Å². The summed E-state index contributed by atoms with van der Waals surface area (Å²) < 4.78 is 9.00. The molecule has 278 valence electrons. The normalized spacial score (nSPS) is 12.0. The van der Waals surface area contributed by atoms with E-state index in [-0.39, 0.29) is 0 Å². The molecule has 60 heavy (non-hydrogen) atoms. The molecule has 0 aliphatic rings. The van der Waals surface area contributed by atoms with Gasteiger partial charge in [0.2, 0.25) is 0 Å².